The fraction of sp³-hybridized carbons (Fsp3) is 0.375. The third-order valence-corrected chi connectivity index (χ3v) is 5.73. The number of benzene rings is 2. The molecule has 3 rings (SSSR count). The molecule has 8 nitrogen and oxygen atoms in total. The Labute approximate surface area is 188 Å². The molecule has 1 aliphatic rings. The van der Waals surface area contributed by atoms with E-state index in [-0.39, 0.29) is 6.42 Å². The molecule has 2 aromatic rings. The number of ether oxygens (including phenoxy) is 1. The number of carbonyl (C=O) groups is 2. The van der Waals surface area contributed by atoms with Crippen LogP contribution in [0.2, 0.25) is 0 Å². The van der Waals surface area contributed by atoms with Gasteiger partial charge in [-0.25, -0.2) is 9.59 Å². The molecule has 1 aliphatic carbocycles. The van der Waals surface area contributed by atoms with E-state index in [1.165, 1.54) is 12.0 Å². The zero-order valence-electron chi connectivity index (χ0n) is 18.7. The zero-order chi connectivity index (χ0) is 23.3. The highest BCUT2D eigenvalue weighted by molar-refractivity contribution is 5.85. The molecule has 0 radical (unpaired) electrons. The molecule has 0 fully saturated rings. The number of carboxylic acid groups (broad SMARTS) is 1. The second-order valence-corrected chi connectivity index (χ2v) is 7.97. The molecular weight excluding hydrogens is 408 g/mol. The van der Waals surface area contributed by atoms with Gasteiger partial charge < -0.3 is 20.1 Å². The summed E-state index contributed by atoms with van der Waals surface area (Å²) in [5.74, 6) is -0.763. The van der Waals surface area contributed by atoms with Gasteiger partial charge in [0.15, 0.2) is 5.96 Å². The number of nitrogens with zero attached hydrogens (tertiary/aromatic N) is 2. The van der Waals surface area contributed by atoms with Gasteiger partial charge in [0, 0.05) is 20.6 Å². The van der Waals surface area contributed by atoms with E-state index in [0.29, 0.717) is 25.3 Å². The number of hydrogen-bond acceptors (Lipinski definition) is 4. The summed E-state index contributed by atoms with van der Waals surface area (Å²) in [6, 6.07) is 14.0. The third-order valence-electron chi connectivity index (χ3n) is 5.73. The molecule has 1 amide bonds. The van der Waals surface area contributed by atoms with Crippen molar-refractivity contribution in [1.82, 2.24) is 15.1 Å². The van der Waals surface area contributed by atoms with Gasteiger partial charge in [-0.1, -0.05) is 48.5 Å². The van der Waals surface area contributed by atoms with Crippen LogP contribution in [0.15, 0.2) is 48.5 Å². The molecular formula is C24H30N4O4. The Morgan fingerprint density at radius 1 is 1.06 bits per heavy atom. The molecule has 2 aromatic carbocycles. The number of amides is 1. The normalized spacial score (nSPS) is 13.0. The standard InChI is InChI=1S/C24H30N4O4/c1-27(2)23(25)26-15-9-8-14-20(22(29)30)28(24(31)32-3)21-18-12-6-4-10-16(18)17-11-5-7-13-19(17)21/h4-7,10-13,20-21H,8-9,14-15H2,1-3H3,(H2,25,26)(H,29,30)/t20-/m0/s1. The van der Waals surface area contributed by atoms with E-state index in [1.807, 2.05) is 48.5 Å². The lowest BCUT2D eigenvalue weighted by molar-refractivity contribution is -0.143. The number of nitrogens with one attached hydrogen (secondary N) is 2. The number of guanidine groups is 1. The molecule has 0 heterocycles. The summed E-state index contributed by atoms with van der Waals surface area (Å²) in [7, 11) is 4.83. The topological polar surface area (TPSA) is 106 Å². The van der Waals surface area contributed by atoms with Crippen LogP contribution in [-0.2, 0) is 9.53 Å². The number of hydrogen-bond donors (Lipinski definition) is 3. The molecule has 0 unspecified atom stereocenters. The SMILES string of the molecule is COC(=O)N(C1c2ccccc2-c2ccccc21)[C@@H](CCCCNC(=N)N(C)C)C(=O)O. The Kier molecular flexibility index (Phi) is 7.35. The molecule has 0 aromatic heterocycles. The van der Waals surface area contributed by atoms with Crippen LogP contribution >= 0.6 is 0 Å². The Morgan fingerprint density at radius 3 is 2.12 bits per heavy atom. The smallest absolute Gasteiger partial charge is 0.411 e. The van der Waals surface area contributed by atoms with Crippen LogP contribution in [0.25, 0.3) is 11.1 Å². The number of methoxy groups -OCH3 is 1. The molecule has 170 valence electrons. The number of aliphatic carboxylic acids is 1. The summed E-state index contributed by atoms with van der Waals surface area (Å²) in [4.78, 5) is 28.2. The second kappa shape index (κ2) is 10.2. The van der Waals surface area contributed by atoms with E-state index in [9.17, 15) is 14.7 Å². The Morgan fingerprint density at radius 2 is 1.62 bits per heavy atom. The lowest BCUT2D eigenvalue weighted by Crippen LogP contribution is -2.47. The van der Waals surface area contributed by atoms with Crippen molar-refractivity contribution in [3.05, 3.63) is 59.7 Å². The summed E-state index contributed by atoms with van der Waals surface area (Å²) in [5.41, 5.74) is 3.79. The van der Waals surface area contributed by atoms with Gasteiger partial charge in [0.25, 0.3) is 0 Å². The maximum absolute atomic E-state index is 12.9. The second-order valence-electron chi connectivity index (χ2n) is 7.97. The Hall–Kier alpha value is -3.55. The van der Waals surface area contributed by atoms with Gasteiger partial charge in [-0.2, -0.15) is 0 Å². The summed E-state index contributed by atoms with van der Waals surface area (Å²) in [6.45, 7) is 0.552. The van der Waals surface area contributed by atoms with Crippen molar-refractivity contribution in [2.24, 2.45) is 0 Å². The summed E-state index contributed by atoms with van der Waals surface area (Å²) >= 11 is 0. The summed E-state index contributed by atoms with van der Waals surface area (Å²) in [6.07, 6.45) is 0.866. The number of rotatable bonds is 8. The van der Waals surface area contributed by atoms with Crippen LogP contribution in [0.5, 0.6) is 0 Å². The highest BCUT2D eigenvalue weighted by atomic mass is 16.5. The minimum Gasteiger partial charge on any atom is -0.480 e. The van der Waals surface area contributed by atoms with E-state index in [0.717, 1.165) is 22.3 Å². The highest BCUT2D eigenvalue weighted by Crippen LogP contribution is 2.47. The fourth-order valence-corrected chi connectivity index (χ4v) is 4.16. The van der Waals surface area contributed by atoms with E-state index < -0.39 is 24.1 Å². The molecule has 8 heteroatoms. The Balaban J connectivity index is 1.85. The van der Waals surface area contributed by atoms with Crippen LogP contribution in [0.4, 0.5) is 4.79 Å². The average molecular weight is 439 g/mol. The average Bonchev–Trinajstić information content (AvgIpc) is 3.11. The third kappa shape index (κ3) is 4.69. The minimum atomic E-state index is -1.06. The van der Waals surface area contributed by atoms with Gasteiger partial charge in [0.05, 0.1) is 13.2 Å². The Bertz CT molecular complexity index is 946. The maximum atomic E-state index is 12.9. The fourth-order valence-electron chi connectivity index (χ4n) is 4.16. The highest BCUT2D eigenvalue weighted by Gasteiger charge is 2.41. The minimum absolute atomic E-state index is 0.280. The lowest BCUT2D eigenvalue weighted by atomic mass is 9.99. The summed E-state index contributed by atoms with van der Waals surface area (Å²) in [5, 5.41) is 20.8. The number of unbranched alkanes of at least 4 members (excludes halogenated alkanes) is 1. The predicted molar refractivity (Wildman–Crippen MR) is 123 cm³/mol. The van der Waals surface area contributed by atoms with Gasteiger partial charge in [-0.15, -0.1) is 0 Å². The van der Waals surface area contributed by atoms with Crippen molar-refractivity contribution < 1.29 is 19.4 Å². The molecule has 32 heavy (non-hydrogen) atoms. The molecule has 3 N–H and O–H groups in total. The first-order valence-electron chi connectivity index (χ1n) is 10.6. The monoisotopic (exact) mass is 438 g/mol. The molecule has 0 bridgehead atoms. The van der Waals surface area contributed by atoms with Gasteiger partial charge in [-0.05, 0) is 41.5 Å². The quantitative estimate of drug-likeness (QED) is 0.331. The molecule has 1 atom stereocenters. The van der Waals surface area contributed by atoms with Crippen LogP contribution in [0.3, 0.4) is 0 Å². The molecule has 0 saturated heterocycles. The van der Waals surface area contributed by atoms with Crippen molar-refractivity contribution >= 4 is 18.0 Å². The van der Waals surface area contributed by atoms with Gasteiger partial charge in [0.1, 0.15) is 6.04 Å². The van der Waals surface area contributed by atoms with Crippen molar-refractivity contribution in [2.75, 3.05) is 27.7 Å². The first-order chi connectivity index (χ1) is 15.4. The maximum Gasteiger partial charge on any atom is 0.411 e. The van der Waals surface area contributed by atoms with E-state index >= 15 is 0 Å². The van der Waals surface area contributed by atoms with Crippen molar-refractivity contribution in [3.63, 3.8) is 0 Å². The van der Waals surface area contributed by atoms with Gasteiger partial charge in [-0.3, -0.25) is 10.3 Å². The summed E-state index contributed by atoms with van der Waals surface area (Å²) < 4.78 is 5.05. The molecule has 0 spiro atoms. The predicted octanol–water partition coefficient (Wildman–Crippen LogP) is 3.53. The number of fused-ring (bicyclic) bond motifs is 3. The first-order valence-corrected chi connectivity index (χ1v) is 10.6. The van der Waals surface area contributed by atoms with Crippen molar-refractivity contribution in [3.8, 4) is 11.1 Å². The van der Waals surface area contributed by atoms with Crippen LogP contribution in [0, 0.1) is 5.41 Å². The van der Waals surface area contributed by atoms with E-state index in [2.05, 4.69) is 5.32 Å². The number of carbonyl (C=O) groups excluding carboxylic acids is 1. The first kappa shape index (κ1) is 23.1. The largest absolute Gasteiger partial charge is 0.480 e. The van der Waals surface area contributed by atoms with E-state index in [4.69, 9.17) is 10.1 Å². The molecule has 0 saturated carbocycles. The van der Waals surface area contributed by atoms with Crippen LogP contribution in [-0.4, -0.2) is 66.7 Å². The zero-order valence-corrected chi connectivity index (χ0v) is 18.7. The van der Waals surface area contributed by atoms with Crippen molar-refractivity contribution in [1.29, 1.82) is 5.41 Å². The van der Waals surface area contributed by atoms with E-state index in [1.54, 1.807) is 19.0 Å². The van der Waals surface area contributed by atoms with Gasteiger partial charge >= 0.3 is 12.1 Å². The van der Waals surface area contributed by atoms with Crippen LogP contribution in [0.1, 0.15) is 36.4 Å². The van der Waals surface area contributed by atoms with Gasteiger partial charge in [0.2, 0.25) is 0 Å². The van der Waals surface area contributed by atoms with Crippen LogP contribution < -0.4 is 5.32 Å². The molecule has 0 aliphatic heterocycles. The number of carboxylic acids is 1. The lowest BCUT2D eigenvalue weighted by Gasteiger charge is -2.34. The van der Waals surface area contributed by atoms with Crippen molar-refractivity contribution in [2.45, 2.75) is 31.3 Å².